The molecule has 0 radical (unpaired) electrons. The van der Waals surface area contributed by atoms with Gasteiger partial charge in [0, 0.05) is 18.8 Å². The van der Waals surface area contributed by atoms with E-state index in [1.54, 1.807) is 0 Å². The third-order valence-electron chi connectivity index (χ3n) is 5.67. The highest BCUT2D eigenvalue weighted by molar-refractivity contribution is 6.50. The lowest BCUT2D eigenvalue weighted by Gasteiger charge is -2.42. The van der Waals surface area contributed by atoms with Crippen LogP contribution in [0.5, 0.6) is 0 Å². The Morgan fingerprint density at radius 2 is 1.80 bits per heavy atom. The summed E-state index contributed by atoms with van der Waals surface area (Å²) in [6.07, 6.45) is 11.7. The zero-order valence-electron chi connectivity index (χ0n) is 16.1. The van der Waals surface area contributed by atoms with E-state index in [0.717, 1.165) is 18.4 Å². The molecule has 0 amide bonds. The zero-order valence-corrected chi connectivity index (χ0v) is 16.1. The third kappa shape index (κ3) is 6.26. The van der Waals surface area contributed by atoms with Crippen LogP contribution in [0.25, 0.3) is 0 Å². The maximum absolute atomic E-state index is 9.75. The molecule has 0 aromatic heterocycles. The molecule has 2 aliphatic heterocycles. The molecule has 0 aromatic carbocycles. The van der Waals surface area contributed by atoms with Crippen molar-refractivity contribution in [3.63, 3.8) is 0 Å². The number of nitrogens with zero attached hydrogens (tertiary/aromatic N) is 1. The first kappa shape index (κ1) is 22.5. The first-order chi connectivity index (χ1) is 11.7. The van der Waals surface area contributed by atoms with Crippen LogP contribution in [0.3, 0.4) is 0 Å². The average Bonchev–Trinajstić information content (AvgIpc) is 2.91. The second-order valence-electron chi connectivity index (χ2n) is 7.25. The van der Waals surface area contributed by atoms with E-state index in [0.29, 0.717) is 5.92 Å². The highest BCUT2D eigenvalue weighted by Gasteiger charge is 2.58. The van der Waals surface area contributed by atoms with E-state index in [2.05, 4.69) is 38.5 Å². The number of hydrogen-bond donors (Lipinski definition) is 0. The minimum atomic E-state index is -6.00. The fraction of sp³-hybridized carbons (Fsp3) is 0.944. The molecule has 0 aliphatic carbocycles. The van der Waals surface area contributed by atoms with E-state index in [1.165, 1.54) is 51.5 Å². The van der Waals surface area contributed by atoms with Gasteiger partial charge in [0.1, 0.15) is 12.8 Å². The Labute approximate surface area is 150 Å². The van der Waals surface area contributed by atoms with Gasteiger partial charge in [-0.25, -0.2) is 4.58 Å². The van der Waals surface area contributed by atoms with Crippen LogP contribution >= 0.6 is 0 Å². The van der Waals surface area contributed by atoms with Crippen LogP contribution < -0.4 is 0 Å². The standard InChI is InChI=1S/C18H34NO.BF4/c1-5-8-9-11-17-15(4)16(6-2)14-19-13-10-12-18(17,19)20-7-3;2-1(3,4)5/h14-17H,5-13H2,1-4H3;/q+1;-1. The van der Waals surface area contributed by atoms with Gasteiger partial charge in [-0.15, -0.1) is 0 Å². The second-order valence-corrected chi connectivity index (χ2v) is 7.25. The predicted octanol–water partition coefficient (Wildman–Crippen LogP) is 5.77. The molecule has 1 saturated heterocycles. The largest absolute Gasteiger partial charge is 0.673 e. The monoisotopic (exact) mass is 367 g/mol. The minimum Gasteiger partial charge on any atom is -0.418 e. The topological polar surface area (TPSA) is 12.2 Å². The Hall–Kier alpha value is -0.585. The van der Waals surface area contributed by atoms with Gasteiger partial charge >= 0.3 is 7.25 Å². The Kier molecular flexibility index (Phi) is 8.92. The average molecular weight is 367 g/mol. The van der Waals surface area contributed by atoms with Gasteiger partial charge in [-0.2, -0.15) is 0 Å². The maximum atomic E-state index is 9.75. The number of ether oxygens (including phenoxy) is 1. The Morgan fingerprint density at radius 1 is 1.16 bits per heavy atom. The van der Waals surface area contributed by atoms with Crippen molar-refractivity contribution in [2.75, 3.05) is 13.2 Å². The number of halogens is 4. The molecule has 0 aromatic rings. The van der Waals surface area contributed by atoms with Crippen LogP contribution in [0, 0.1) is 17.8 Å². The van der Waals surface area contributed by atoms with E-state index in [-0.39, 0.29) is 5.72 Å². The number of hydrogen-bond acceptors (Lipinski definition) is 1. The van der Waals surface area contributed by atoms with Crippen molar-refractivity contribution in [3.05, 3.63) is 0 Å². The Balaban J connectivity index is 0.000000550. The van der Waals surface area contributed by atoms with Crippen LogP contribution in [0.4, 0.5) is 17.3 Å². The smallest absolute Gasteiger partial charge is 0.418 e. The number of fused-ring (bicyclic) bond motifs is 1. The molecule has 25 heavy (non-hydrogen) atoms. The molecule has 1 fully saturated rings. The lowest BCUT2D eigenvalue weighted by molar-refractivity contribution is -0.658. The van der Waals surface area contributed by atoms with Gasteiger partial charge in [0.05, 0.1) is 12.5 Å². The van der Waals surface area contributed by atoms with E-state index in [1.807, 2.05) is 0 Å². The Morgan fingerprint density at radius 3 is 2.32 bits per heavy atom. The molecule has 4 unspecified atom stereocenters. The summed E-state index contributed by atoms with van der Waals surface area (Å²) in [6.45, 7) is 11.3. The first-order valence-electron chi connectivity index (χ1n) is 9.82. The van der Waals surface area contributed by atoms with Crippen molar-refractivity contribution in [2.24, 2.45) is 17.8 Å². The normalized spacial score (nSPS) is 31.8. The fourth-order valence-electron chi connectivity index (χ4n) is 4.60. The molecule has 2 heterocycles. The minimum absolute atomic E-state index is 0.0353. The number of unbranched alkanes of at least 4 members (excludes halogenated alkanes) is 2. The summed E-state index contributed by atoms with van der Waals surface area (Å²) >= 11 is 0. The van der Waals surface area contributed by atoms with Crippen molar-refractivity contribution in [1.29, 1.82) is 0 Å². The molecule has 0 spiro atoms. The molecule has 4 atom stereocenters. The lowest BCUT2D eigenvalue weighted by Crippen LogP contribution is -2.55. The zero-order chi connectivity index (χ0) is 19.1. The van der Waals surface area contributed by atoms with Gasteiger partial charge in [-0.05, 0) is 25.7 Å². The van der Waals surface area contributed by atoms with Gasteiger partial charge in [0.25, 0.3) is 5.72 Å². The van der Waals surface area contributed by atoms with E-state index < -0.39 is 7.25 Å². The van der Waals surface area contributed by atoms with Crippen LogP contribution in [0.1, 0.15) is 72.6 Å². The van der Waals surface area contributed by atoms with Crippen LogP contribution in [-0.2, 0) is 4.74 Å². The summed E-state index contributed by atoms with van der Waals surface area (Å²) in [6, 6.07) is 0. The van der Waals surface area contributed by atoms with Crippen LogP contribution in [-0.4, -0.2) is 36.9 Å². The second kappa shape index (κ2) is 9.93. The SMILES string of the molecule is CCCCCC1C(C)C(CC)C=[N+]2CCCC12OCC.F[B-](F)(F)F. The molecular formula is C18H34BF4NO. The van der Waals surface area contributed by atoms with Crippen molar-refractivity contribution >= 4 is 13.5 Å². The summed E-state index contributed by atoms with van der Waals surface area (Å²) in [5.41, 5.74) is 0.0353. The molecule has 2 nitrogen and oxygen atoms in total. The van der Waals surface area contributed by atoms with Gasteiger partial charge in [0.15, 0.2) is 0 Å². The quantitative estimate of drug-likeness (QED) is 0.241. The summed E-state index contributed by atoms with van der Waals surface area (Å²) in [5, 5.41) is 0. The summed E-state index contributed by atoms with van der Waals surface area (Å²) < 4.78 is 48.0. The van der Waals surface area contributed by atoms with E-state index in [4.69, 9.17) is 4.74 Å². The van der Waals surface area contributed by atoms with Crippen LogP contribution in [0.15, 0.2) is 0 Å². The molecule has 0 bridgehead atoms. The lowest BCUT2D eigenvalue weighted by atomic mass is 9.71. The van der Waals surface area contributed by atoms with Gasteiger partial charge in [0.2, 0.25) is 0 Å². The molecule has 148 valence electrons. The molecule has 7 heteroatoms. The Bertz CT molecular complexity index is 424. The highest BCUT2D eigenvalue weighted by atomic mass is 19.5. The van der Waals surface area contributed by atoms with Crippen molar-refractivity contribution in [1.82, 2.24) is 0 Å². The van der Waals surface area contributed by atoms with Gasteiger partial charge < -0.3 is 22.0 Å². The molecule has 2 aliphatic rings. The van der Waals surface area contributed by atoms with E-state index >= 15 is 0 Å². The summed E-state index contributed by atoms with van der Waals surface area (Å²) in [7, 11) is -6.00. The van der Waals surface area contributed by atoms with Crippen molar-refractivity contribution < 1.29 is 26.6 Å². The van der Waals surface area contributed by atoms with Gasteiger partial charge in [-0.3, -0.25) is 0 Å². The first-order valence-corrected chi connectivity index (χ1v) is 9.82. The van der Waals surface area contributed by atoms with Gasteiger partial charge in [-0.1, -0.05) is 40.0 Å². The molecule has 0 saturated carbocycles. The molecule has 2 rings (SSSR count). The van der Waals surface area contributed by atoms with Crippen molar-refractivity contribution in [3.8, 4) is 0 Å². The predicted molar refractivity (Wildman–Crippen MR) is 95.5 cm³/mol. The van der Waals surface area contributed by atoms with E-state index in [9.17, 15) is 17.3 Å². The molecular weight excluding hydrogens is 333 g/mol. The summed E-state index contributed by atoms with van der Waals surface area (Å²) in [4.78, 5) is 0. The summed E-state index contributed by atoms with van der Waals surface area (Å²) in [5.74, 6) is 2.22. The fourth-order valence-corrected chi connectivity index (χ4v) is 4.60. The molecule has 0 N–H and O–H groups in total. The maximum Gasteiger partial charge on any atom is 0.673 e. The highest BCUT2D eigenvalue weighted by Crippen LogP contribution is 2.46. The van der Waals surface area contributed by atoms with Crippen molar-refractivity contribution in [2.45, 2.75) is 78.4 Å². The third-order valence-corrected chi connectivity index (χ3v) is 5.67. The van der Waals surface area contributed by atoms with Crippen LogP contribution in [0.2, 0.25) is 0 Å². The number of rotatable bonds is 7.